The molecule has 27 heavy (non-hydrogen) atoms. The Hall–Kier alpha value is -2.10. The van der Waals surface area contributed by atoms with Crippen LogP contribution in [0.15, 0.2) is 36.5 Å². The van der Waals surface area contributed by atoms with Crippen LogP contribution in [-0.2, 0) is 19.4 Å². The van der Waals surface area contributed by atoms with Gasteiger partial charge in [-0.2, -0.15) is 0 Å². The summed E-state index contributed by atoms with van der Waals surface area (Å²) < 4.78 is 2.36. The number of benzene rings is 1. The van der Waals surface area contributed by atoms with Crippen molar-refractivity contribution < 1.29 is 0 Å². The van der Waals surface area contributed by atoms with Crippen molar-refractivity contribution in [2.24, 2.45) is 0 Å². The van der Waals surface area contributed by atoms with Gasteiger partial charge in [-0.3, -0.25) is 4.98 Å². The average Bonchev–Trinajstić information content (AvgIpc) is 2.95. The molecule has 1 aliphatic rings. The highest BCUT2D eigenvalue weighted by Gasteiger charge is 2.22. The van der Waals surface area contributed by atoms with E-state index in [-0.39, 0.29) is 0 Å². The quantitative estimate of drug-likeness (QED) is 0.584. The van der Waals surface area contributed by atoms with Crippen LogP contribution >= 0.6 is 11.6 Å². The first-order chi connectivity index (χ1) is 13.1. The van der Waals surface area contributed by atoms with Gasteiger partial charge in [0.2, 0.25) is 0 Å². The second kappa shape index (κ2) is 7.49. The Balaban J connectivity index is 1.80. The first-order valence-electron chi connectivity index (χ1n) is 9.70. The molecule has 4 heteroatoms. The maximum absolute atomic E-state index is 6.30. The van der Waals surface area contributed by atoms with Gasteiger partial charge in [-0.05, 0) is 61.4 Å². The molecule has 0 aliphatic carbocycles. The Morgan fingerprint density at radius 1 is 1.26 bits per heavy atom. The van der Waals surface area contributed by atoms with E-state index in [1.165, 1.54) is 33.3 Å². The molecular formula is C23H26ClN3. The Morgan fingerprint density at radius 2 is 2.11 bits per heavy atom. The molecule has 0 atom stereocenters. The number of hydrogen-bond donors (Lipinski definition) is 0. The van der Waals surface area contributed by atoms with Gasteiger partial charge in [0.1, 0.15) is 0 Å². The molecule has 0 spiro atoms. The van der Waals surface area contributed by atoms with Crippen LogP contribution in [0, 0.1) is 0 Å². The van der Waals surface area contributed by atoms with Gasteiger partial charge in [0, 0.05) is 53.7 Å². The molecule has 0 saturated carbocycles. The number of aryl methyl sites for hydroxylation is 1. The van der Waals surface area contributed by atoms with Gasteiger partial charge in [-0.15, -0.1) is 0 Å². The van der Waals surface area contributed by atoms with Crippen LogP contribution in [0.25, 0.3) is 22.7 Å². The Bertz CT molecular complexity index is 999. The highest BCUT2D eigenvalue weighted by atomic mass is 35.5. The molecule has 0 N–H and O–H groups in total. The predicted molar refractivity (Wildman–Crippen MR) is 115 cm³/mol. The molecule has 0 radical (unpaired) electrons. The summed E-state index contributed by atoms with van der Waals surface area (Å²) in [5.74, 6) is 0. The van der Waals surface area contributed by atoms with Crippen molar-refractivity contribution in [3.8, 4) is 0 Å². The van der Waals surface area contributed by atoms with Gasteiger partial charge < -0.3 is 9.47 Å². The van der Waals surface area contributed by atoms with Crippen LogP contribution in [-0.4, -0.2) is 28.0 Å². The van der Waals surface area contributed by atoms with Crippen molar-refractivity contribution in [3.63, 3.8) is 0 Å². The highest BCUT2D eigenvalue weighted by molar-refractivity contribution is 6.31. The zero-order chi connectivity index (χ0) is 19.0. The molecule has 0 fully saturated rings. The smallest absolute Gasteiger partial charge is 0.0529 e. The molecule has 1 aromatic carbocycles. The molecule has 0 amide bonds. The molecule has 3 nitrogen and oxygen atoms in total. The topological polar surface area (TPSA) is 21.1 Å². The van der Waals surface area contributed by atoms with E-state index in [1.807, 2.05) is 12.3 Å². The molecule has 0 unspecified atom stereocenters. The molecule has 3 heterocycles. The van der Waals surface area contributed by atoms with Crippen molar-refractivity contribution in [1.82, 2.24) is 14.5 Å². The summed E-state index contributed by atoms with van der Waals surface area (Å²) in [4.78, 5) is 6.99. The van der Waals surface area contributed by atoms with Crippen LogP contribution in [0.4, 0.5) is 0 Å². The summed E-state index contributed by atoms with van der Waals surface area (Å²) in [6.07, 6.45) is 7.47. The summed E-state index contributed by atoms with van der Waals surface area (Å²) in [7, 11) is 2.18. The van der Waals surface area contributed by atoms with Gasteiger partial charge >= 0.3 is 0 Å². The minimum absolute atomic E-state index is 0.798. The average molecular weight is 380 g/mol. The maximum Gasteiger partial charge on any atom is 0.0529 e. The normalized spacial score (nSPS) is 15.3. The molecule has 2 aromatic heterocycles. The largest absolute Gasteiger partial charge is 0.320 e. The van der Waals surface area contributed by atoms with E-state index in [0.717, 1.165) is 43.1 Å². The lowest BCUT2D eigenvalue weighted by atomic mass is 10.1. The lowest BCUT2D eigenvalue weighted by Gasteiger charge is -2.23. The molecule has 140 valence electrons. The van der Waals surface area contributed by atoms with Crippen molar-refractivity contribution in [2.45, 2.75) is 39.7 Å². The van der Waals surface area contributed by atoms with E-state index in [9.17, 15) is 0 Å². The van der Waals surface area contributed by atoms with Gasteiger partial charge in [-0.25, -0.2) is 0 Å². The fraction of sp³-hybridized carbons (Fsp3) is 0.348. The zero-order valence-corrected chi connectivity index (χ0v) is 17.1. The van der Waals surface area contributed by atoms with E-state index < -0.39 is 0 Å². The minimum atomic E-state index is 0.798. The third-order valence-electron chi connectivity index (χ3n) is 5.45. The first kappa shape index (κ1) is 18.3. The first-order valence-corrected chi connectivity index (χ1v) is 10.1. The van der Waals surface area contributed by atoms with Crippen LogP contribution in [0.5, 0.6) is 0 Å². The van der Waals surface area contributed by atoms with Crippen LogP contribution in [0.2, 0.25) is 5.02 Å². The van der Waals surface area contributed by atoms with Crippen molar-refractivity contribution >= 4 is 34.3 Å². The molecular weight excluding hydrogens is 354 g/mol. The van der Waals surface area contributed by atoms with E-state index in [0.29, 0.717) is 0 Å². The molecule has 0 bridgehead atoms. The van der Waals surface area contributed by atoms with Crippen molar-refractivity contribution in [2.75, 3.05) is 13.6 Å². The van der Waals surface area contributed by atoms with Crippen molar-refractivity contribution in [3.05, 3.63) is 64.1 Å². The Morgan fingerprint density at radius 3 is 2.85 bits per heavy atom. The summed E-state index contributed by atoms with van der Waals surface area (Å²) >= 11 is 6.30. The number of nitrogens with zero attached hydrogens (tertiary/aromatic N) is 3. The third-order valence-corrected chi connectivity index (χ3v) is 5.68. The Labute approximate surface area is 166 Å². The number of likely N-dealkylation sites (N-methyl/N-ethyl adjacent to an activating group) is 1. The van der Waals surface area contributed by atoms with Gasteiger partial charge in [-0.1, -0.05) is 31.0 Å². The van der Waals surface area contributed by atoms with E-state index in [1.54, 1.807) is 0 Å². The van der Waals surface area contributed by atoms with Gasteiger partial charge in [0.25, 0.3) is 0 Å². The van der Waals surface area contributed by atoms with Crippen molar-refractivity contribution in [1.29, 1.82) is 0 Å². The van der Waals surface area contributed by atoms with Crippen LogP contribution in [0.3, 0.4) is 0 Å². The molecule has 0 saturated heterocycles. The lowest BCUT2D eigenvalue weighted by molar-refractivity contribution is 0.312. The molecule has 1 aliphatic heterocycles. The summed E-state index contributed by atoms with van der Waals surface area (Å²) in [6, 6.07) is 10.6. The number of fused-ring (bicyclic) bond motifs is 3. The van der Waals surface area contributed by atoms with Gasteiger partial charge in [0.15, 0.2) is 0 Å². The maximum atomic E-state index is 6.30. The van der Waals surface area contributed by atoms with Crippen LogP contribution < -0.4 is 0 Å². The third kappa shape index (κ3) is 3.54. The highest BCUT2D eigenvalue weighted by Crippen LogP contribution is 2.33. The van der Waals surface area contributed by atoms with E-state index >= 15 is 0 Å². The number of rotatable bonds is 4. The fourth-order valence-corrected chi connectivity index (χ4v) is 4.15. The number of allylic oxidation sites excluding steroid dienone is 1. The second-order valence-corrected chi connectivity index (χ2v) is 7.98. The number of pyridine rings is 1. The number of aromatic nitrogens is 2. The zero-order valence-electron chi connectivity index (χ0n) is 16.3. The summed E-state index contributed by atoms with van der Waals surface area (Å²) in [5.41, 5.74) is 7.60. The molecule has 4 rings (SSSR count). The van der Waals surface area contributed by atoms with Crippen LogP contribution in [0.1, 0.15) is 42.8 Å². The monoisotopic (exact) mass is 379 g/mol. The standard InChI is InChI=1S/C23H26ClN3/c1-4-5-19-8-6-17(13-25-19)16(2)14-27-22-9-7-18(24)12-20(22)21-15-26(3)11-10-23(21)27/h6-9,12-14H,4-5,10-11,15H2,1-3H3. The minimum Gasteiger partial charge on any atom is -0.320 e. The summed E-state index contributed by atoms with van der Waals surface area (Å²) in [5, 5.41) is 2.07. The Kier molecular flexibility index (Phi) is 5.07. The van der Waals surface area contributed by atoms with E-state index in [4.69, 9.17) is 11.6 Å². The SMILES string of the molecule is CCCc1ccc(C(C)=Cn2c3c(c4cc(Cl)ccc42)CN(C)CC3)cn1. The number of halogens is 1. The molecule has 3 aromatic rings. The van der Waals surface area contributed by atoms with E-state index in [2.05, 4.69) is 65.8 Å². The lowest BCUT2D eigenvalue weighted by Crippen LogP contribution is -2.26. The predicted octanol–water partition coefficient (Wildman–Crippen LogP) is 5.65. The second-order valence-electron chi connectivity index (χ2n) is 7.54. The summed E-state index contributed by atoms with van der Waals surface area (Å²) in [6.45, 7) is 6.40. The number of hydrogen-bond acceptors (Lipinski definition) is 2. The van der Waals surface area contributed by atoms with Gasteiger partial charge in [0.05, 0.1) is 5.52 Å². The fourth-order valence-electron chi connectivity index (χ4n) is 3.98.